The highest BCUT2D eigenvalue weighted by Gasteiger charge is 2.23. The van der Waals surface area contributed by atoms with Crippen molar-refractivity contribution >= 4 is 5.78 Å². The minimum Gasteiger partial charge on any atom is -0.373 e. The van der Waals surface area contributed by atoms with Gasteiger partial charge in [-0.3, -0.25) is 9.48 Å². The summed E-state index contributed by atoms with van der Waals surface area (Å²) < 4.78 is 6.92. The molecule has 0 saturated carbocycles. The minimum atomic E-state index is -0.375. The molecule has 0 spiro atoms. The van der Waals surface area contributed by atoms with Gasteiger partial charge in [0.15, 0.2) is 5.78 Å². The van der Waals surface area contributed by atoms with Gasteiger partial charge in [0, 0.05) is 19.9 Å². The monoisotopic (exact) mass is 210 g/mol. The van der Waals surface area contributed by atoms with Crippen molar-refractivity contribution in [2.75, 3.05) is 7.11 Å². The Bertz CT molecular complexity index is 331. The maximum atomic E-state index is 12.0. The van der Waals surface area contributed by atoms with Gasteiger partial charge in [-0.2, -0.15) is 5.10 Å². The van der Waals surface area contributed by atoms with Crippen LogP contribution in [0.1, 0.15) is 31.1 Å². The molecule has 1 atom stereocenters. The lowest BCUT2D eigenvalue weighted by Gasteiger charge is -2.16. The van der Waals surface area contributed by atoms with Crippen molar-refractivity contribution in [3.63, 3.8) is 0 Å². The molecule has 1 aromatic heterocycles. The van der Waals surface area contributed by atoms with E-state index in [9.17, 15) is 4.79 Å². The van der Waals surface area contributed by atoms with Gasteiger partial charge >= 0.3 is 0 Å². The third-order valence-corrected chi connectivity index (χ3v) is 2.36. The van der Waals surface area contributed by atoms with Gasteiger partial charge in [-0.25, -0.2) is 0 Å². The Kier molecular flexibility index (Phi) is 4.03. The van der Waals surface area contributed by atoms with Crippen LogP contribution in [0.5, 0.6) is 0 Å². The summed E-state index contributed by atoms with van der Waals surface area (Å²) in [6.45, 7) is 6.69. The van der Waals surface area contributed by atoms with E-state index in [4.69, 9.17) is 4.74 Å². The van der Waals surface area contributed by atoms with Crippen molar-refractivity contribution in [3.8, 4) is 0 Å². The third-order valence-electron chi connectivity index (χ3n) is 2.36. The Morgan fingerprint density at radius 3 is 2.67 bits per heavy atom. The summed E-state index contributed by atoms with van der Waals surface area (Å²) in [7, 11) is 1.56. The molecule has 0 radical (unpaired) electrons. The molecule has 1 heterocycles. The fourth-order valence-corrected chi connectivity index (χ4v) is 1.51. The first kappa shape index (κ1) is 11.9. The van der Waals surface area contributed by atoms with E-state index in [-0.39, 0.29) is 17.8 Å². The molecule has 0 N–H and O–H groups in total. The Labute approximate surface area is 90.2 Å². The van der Waals surface area contributed by atoms with Crippen molar-refractivity contribution < 1.29 is 9.53 Å². The fourth-order valence-electron chi connectivity index (χ4n) is 1.51. The summed E-state index contributed by atoms with van der Waals surface area (Å²) >= 11 is 0. The van der Waals surface area contributed by atoms with Gasteiger partial charge in [-0.1, -0.05) is 13.8 Å². The first-order chi connectivity index (χ1) is 7.10. The SMILES string of the molecule is CCn1cc(C(=O)C(OC)C(C)C)cn1. The van der Waals surface area contributed by atoms with Crippen LogP contribution in [0.2, 0.25) is 0 Å². The van der Waals surface area contributed by atoms with Gasteiger partial charge in [-0.15, -0.1) is 0 Å². The molecule has 0 aliphatic heterocycles. The molecule has 4 heteroatoms. The summed E-state index contributed by atoms with van der Waals surface area (Å²) in [4.78, 5) is 12.0. The van der Waals surface area contributed by atoms with Gasteiger partial charge in [0.2, 0.25) is 0 Å². The molecule has 0 aliphatic rings. The summed E-state index contributed by atoms with van der Waals surface area (Å²) in [5, 5.41) is 4.07. The number of carbonyl (C=O) groups is 1. The molecule has 84 valence electrons. The zero-order chi connectivity index (χ0) is 11.4. The van der Waals surface area contributed by atoms with Crippen LogP contribution in [0.15, 0.2) is 12.4 Å². The van der Waals surface area contributed by atoms with E-state index in [2.05, 4.69) is 5.10 Å². The molecule has 0 aromatic carbocycles. The quantitative estimate of drug-likeness (QED) is 0.695. The molecule has 15 heavy (non-hydrogen) atoms. The van der Waals surface area contributed by atoms with E-state index in [0.717, 1.165) is 6.54 Å². The van der Waals surface area contributed by atoms with Gasteiger partial charge in [0.05, 0.1) is 11.8 Å². The number of ketones is 1. The van der Waals surface area contributed by atoms with Gasteiger partial charge < -0.3 is 4.74 Å². The number of Topliss-reactive ketones (excluding diaryl/α,β-unsaturated/α-hetero) is 1. The lowest BCUT2D eigenvalue weighted by atomic mass is 10.00. The molecule has 1 rings (SSSR count). The number of hydrogen-bond donors (Lipinski definition) is 0. The topological polar surface area (TPSA) is 44.1 Å². The first-order valence-corrected chi connectivity index (χ1v) is 5.19. The van der Waals surface area contributed by atoms with E-state index in [1.54, 1.807) is 24.2 Å². The van der Waals surface area contributed by atoms with Crippen LogP contribution in [0.3, 0.4) is 0 Å². The third kappa shape index (κ3) is 2.65. The molecular weight excluding hydrogens is 192 g/mol. The van der Waals surface area contributed by atoms with E-state index in [1.165, 1.54) is 0 Å². The summed E-state index contributed by atoms with van der Waals surface area (Å²) in [6, 6.07) is 0. The first-order valence-electron chi connectivity index (χ1n) is 5.19. The zero-order valence-electron chi connectivity index (χ0n) is 9.73. The van der Waals surface area contributed by atoms with Crippen molar-refractivity contribution in [1.29, 1.82) is 0 Å². The summed E-state index contributed by atoms with van der Waals surface area (Å²) in [5.74, 6) is 0.180. The lowest BCUT2D eigenvalue weighted by molar-refractivity contribution is 0.0458. The molecule has 0 fully saturated rings. The normalized spacial score (nSPS) is 13.1. The van der Waals surface area contributed by atoms with Gasteiger partial charge in [-0.05, 0) is 12.8 Å². The van der Waals surface area contributed by atoms with Gasteiger partial charge in [0.1, 0.15) is 6.10 Å². The Morgan fingerprint density at radius 2 is 2.27 bits per heavy atom. The highest BCUT2D eigenvalue weighted by molar-refractivity contribution is 5.99. The van der Waals surface area contributed by atoms with Gasteiger partial charge in [0.25, 0.3) is 0 Å². The summed E-state index contributed by atoms with van der Waals surface area (Å²) in [5.41, 5.74) is 0.623. The molecule has 0 bridgehead atoms. The molecule has 4 nitrogen and oxygen atoms in total. The standard InChI is InChI=1S/C11H18N2O2/c1-5-13-7-9(6-12-13)10(14)11(15-4)8(2)3/h6-8,11H,5H2,1-4H3. The number of aryl methyl sites for hydroxylation is 1. The van der Waals surface area contributed by atoms with Crippen molar-refractivity contribution in [3.05, 3.63) is 18.0 Å². The summed E-state index contributed by atoms with van der Waals surface area (Å²) in [6.07, 6.45) is 2.98. The molecular formula is C11H18N2O2. The van der Waals surface area contributed by atoms with Crippen LogP contribution < -0.4 is 0 Å². The number of ether oxygens (including phenoxy) is 1. The zero-order valence-corrected chi connectivity index (χ0v) is 9.73. The van der Waals surface area contributed by atoms with Crippen LogP contribution in [-0.2, 0) is 11.3 Å². The highest BCUT2D eigenvalue weighted by Crippen LogP contribution is 2.12. The number of aromatic nitrogens is 2. The van der Waals surface area contributed by atoms with Crippen LogP contribution in [-0.4, -0.2) is 28.8 Å². The average Bonchev–Trinajstić information content (AvgIpc) is 2.66. The van der Waals surface area contributed by atoms with Crippen molar-refractivity contribution in [2.24, 2.45) is 5.92 Å². The average molecular weight is 210 g/mol. The molecule has 0 saturated heterocycles. The van der Waals surface area contributed by atoms with Crippen LogP contribution in [0.25, 0.3) is 0 Å². The second-order valence-corrected chi connectivity index (χ2v) is 3.85. The van der Waals surface area contributed by atoms with E-state index < -0.39 is 0 Å². The number of rotatable bonds is 5. The maximum Gasteiger partial charge on any atom is 0.194 e. The van der Waals surface area contributed by atoms with Crippen LogP contribution >= 0.6 is 0 Å². The highest BCUT2D eigenvalue weighted by atomic mass is 16.5. The Hall–Kier alpha value is -1.16. The Balaban J connectivity index is 2.83. The molecule has 0 amide bonds. The molecule has 0 aliphatic carbocycles. The second kappa shape index (κ2) is 5.07. The van der Waals surface area contributed by atoms with E-state index in [1.807, 2.05) is 20.8 Å². The number of carbonyl (C=O) groups excluding carboxylic acids is 1. The number of hydrogen-bond acceptors (Lipinski definition) is 3. The predicted octanol–water partition coefficient (Wildman–Crippen LogP) is 1.76. The minimum absolute atomic E-state index is 0.00667. The van der Waals surface area contributed by atoms with E-state index in [0.29, 0.717) is 5.56 Å². The maximum absolute atomic E-state index is 12.0. The van der Waals surface area contributed by atoms with Crippen LogP contribution in [0, 0.1) is 5.92 Å². The predicted molar refractivity (Wildman–Crippen MR) is 57.9 cm³/mol. The Morgan fingerprint density at radius 1 is 1.60 bits per heavy atom. The molecule has 1 unspecified atom stereocenters. The largest absolute Gasteiger partial charge is 0.373 e. The number of methoxy groups -OCH3 is 1. The second-order valence-electron chi connectivity index (χ2n) is 3.85. The fraction of sp³-hybridized carbons (Fsp3) is 0.636. The smallest absolute Gasteiger partial charge is 0.194 e. The van der Waals surface area contributed by atoms with E-state index >= 15 is 0 Å². The molecule has 1 aromatic rings. The van der Waals surface area contributed by atoms with Crippen molar-refractivity contribution in [2.45, 2.75) is 33.4 Å². The van der Waals surface area contributed by atoms with Crippen LogP contribution in [0.4, 0.5) is 0 Å². The lowest BCUT2D eigenvalue weighted by Crippen LogP contribution is -2.28. The number of nitrogens with zero attached hydrogens (tertiary/aromatic N) is 2. The van der Waals surface area contributed by atoms with Crippen molar-refractivity contribution in [1.82, 2.24) is 9.78 Å².